The summed E-state index contributed by atoms with van der Waals surface area (Å²) in [5.41, 5.74) is 5.75. The van der Waals surface area contributed by atoms with Gasteiger partial charge in [0, 0.05) is 10.8 Å². The normalized spacial score (nSPS) is 41.1. The van der Waals surface area contributed by atoms with Crippen molar-refractivity contribution in [2.45, 2.75) is 77.0 Å². The third-order valence-electron chi connectivity index (χ3n) is 11.2. The lowest BCUT2D eigenvalue weighted by Gasteiger charge is -2.55. The second-order valence-corrected chi connectivity index (χ2v) is 13.9. The molecule has 2 aromatic rings. The first-order valence-corrected chi connectivity index (χ1v) is 14.6. The summed E-state index contributed by atoms with van der Waals surface area (Å²) >= 11 is 0. The van der Waals surface area contributed by atoms with Crippen molar-refractivity contribution in [2.75, 3.05) is 5.43 Å². The van der Waals surface area contributed by atoms with Crippen molar-refractivity contribution in [1.82, 2.24) is 10.4 Å². The van der Waals surface area contributed by atoms with Gasteiger partial charge in [0.2, 0.25) is 5.91 Å². The van der Waals surface area contributed by atoms with Gasteiger partial charge in [0.15, 0.2) is 5.82 Å². The van der Waals surface area contributed by atoms with Crippen molar-refractivity contribution >= 4 is 34.2 Å². The molecule has 7 heteroatoms. The quantitative estimate of drug-likeness (QED) is 0.317. The van der Waals surface area contributed by atoms with Crippen LogP contribution in [-0.2, 0) is 9.59 Å². The van der Waals surface area contributed by atoms with Crippen LogP contribution in [0.5, 0.6) is 0 Å². The fraction of sp³-hybridized carbons (Fsp3) is 0.667. The van der Waals surface area contributed by atoms with Crippen molar-refractivity contribution in [2.24, 2.45) is 56.6 Å². The molecule has 8 aliphatic rings. The maximum Gasteiger partial charge on any atom is 0.270 e. The Bertz CT molecular complexity index is 1240. The van der Waals surface area contributed by atoms with Crippen LogP contribution in [0, 0.1) is 46.3 Å². The number of nitrogens with one attached hydrogen (secondary N) is 3. The molecule has 37 heavy (non-hydrogen) atoms. The van der Waals surface area contributed by atoms with Crippen LogP contribution in [0.3, 0.4) is 0 Å². The van der Waals surface area contributed by atoms with Crippen molar-refractivity contribution in [3.63, 3.8) is 0 Å². The van der Waals surface area contributed by atoms with Gasteiger partial charge in [0.25, 0.3) is 5.91 Å². The van der Waals surface area contributed by atoms with E-state index in [2.05, 4.69) is 26.1 Å². The average molecular weight is 500 g/mol. The number of benzene rings is 1. The zero-order valence-electron chi connectivity index (χ0n) is 21.5. The summed E-state index contributed by atoms with van der Waals surface area (Å²) < 4.78 is 0. The highest BCUT2D eigenvalue weighted by atomic mass is 16.2. The van der Waals surface area contributed by atoms with E-state index in [4.69, 9.17) is 0 Å². The maximum atomic E-state index is 13.5. The second kappa shape index (κ2) is 7.90. The third-order valence-corrected chi connectivity index (χ3v) is 11.2. The lowest BCUT2D eigenvalue weighted by molar-refractivity contribution is -0.145. The first kappa shape index (κ1) is 22.3. The van der Waals surface area contributed by atoms with E-state index in [0.717, 1.165) is 67.1 Å². The van der Waals surface area contributed by atoms with E-state index in [1.165, 1.54) is 38.5 Å². The lowest BCUT2D eigenvalue weighted by atomic mass is 9.49. The number of hydrogen-bond acceptors (Lipinski definition) is 4. The summed E-state index contributed by atoms with van der Waals surface area (Å²) in [6, 6.07) is 7.93. The van der Waals surface area contributed by atoms with Crippen LogP contribution in [0.1, 0.15) is 77.0 Å². The summed E-state index contributed by atoms with van der Waals surface area (Å²) in [7, 11) is 0. The summed E-state index contributed by atoms with van der Waals surface area (Å²) in [5, 5.41) is 10.6. The van der Waals surface area contributed by atoms with Gasteiger partial charge in [-0.3, -0.25) is 20.4 Å². The molecular formula is C30H37N5O2. The molecule has 8 saturated carbocycles. The van der Waals surface area contributed by atoms with Gasteiger partial charge < -0.3 is 4.98 Å². The first-order chi connectivity index (χ1) is 18.0. The van der Waals surface area contributed by atoms with Gasteiger partial charge >= 0.3 is 0 Å². The van der Waals surface area contributed by atoms with Gasteiger partial charge in [0.05, 0.1) is 10.8 Å². The number of hydrazine groups is 1. The number of rotatable bonds is 5. The fourth-order valence-corrected chi connectivity index (χ4v) is 10.6. The van der Waals surface area contributed by atoms with Gasteiger partial charge in [-0.05, 0) is 113 Å². The molecule has 1 aromatic carbocycles. The number of aromatic nitrogens is 1. The molecule has 2 amide bonds. The summed E-state index contributed by atoms with van der Waals surface area (Å²) in [6.07, 6.45) is 13.9. The van der Waals surface area contributed by atoms with E-state index in [0.29, 0.717) is 29.4 Å². The molecule has 1 aromatic heterocycles. The fourth-order valence-electron chi connectivity index (χ4n) is 10.6. The zero-order valence-corrected chi connectivity index (χ0v) is 21.5. The number of hydrogen-bond donors (Lipinski definition) is 3. The Morgan fingerprint density at radius 1 is 0.730 bits per heavy atom. The van der Waals surface area contributed by atoms with Crippen LogP contribution < -0.4 is 10.9 Å². The molecule has 0 spiro atoms. The predicted octanol–water partition coefficient (Wildman–Crippen LogP) is 6.65. The van der Waals surface area contributed by atoms with Gasteiger partial charge in [-0.1, -0.05) is 24.3 Å². The van der Waals surface area contributed by atoms with Crippen LogP contribution in [0.4, 0.5) is 11.6 Å². The van der Waals surface area contributed by atoms with Crippen molar-refractivity contribution in [3.8, 4) is 0 Å². The highest BCUT2D eigenvalue weighted by Crippen LogP contribution is 2.61. The number of azo groups is 1. The molecule has 1 heterocycles. The minimum atomic E-state index is -0.284. The molecule has 8 fully saturated rings. The third kappa shape index (κ3) is 3.52. The Labute approximate surface area is 217 Å². The summed E-state index contributed by atoms with van der Waals surface area (Å²) in [4.78, 5) is 30.2. The molecule has 8 bridgehead atoms. The number of H-pyrrole nitrogens is 1. The van der Waals surface area contributed by atoms with Gasteiger partial charge in [-0.25, -0.2) is 0 Å². The van der Waals surface area contributed by atoms with Gasteiger partial charge in [0.1, 0.15) is 5.82 Å². The highest BCUT2D eigenvalue weighted by molar-refractivity contribution is 6.01. The molecule has 0 aliphatic heterocycles. The minimum absolute atomic E-state index is 0.0325. The standard InChI is InChI=1S/C30H37N5O2/c36-27(29-11-17-5-18(12-29)7-19(6-17)13-29)34-32-25-23-3-1-2-4-24(23)26(31-25)33-35-28(37)30-14-20-8-21(15-30)10-22(9-20)16-30/h1-4,17-22,31-32H,5-16H2,(H,34,36). The smallest absolute Gasteiger partial charge is 0.270 e. The number of fused-ring (bicyclic) bond motifs is 1. The van der Waals surface area contributed by atoms with Crippen molar-refractivity contribution in [1.29, 1.82) is 0 Å². The Morgan fingerprint density at radius 3 is 1.76 bits per heavy atom. The van der Waals surface area contributed by atoms with E-state index in [1.54, 1.807) is 0 Å². The molecule has 194 valence electrons. The number of carbonyl (C=O) groups excluding carboxylic acids is 2. The van der Waals surface area contributed by atoms with E-state index >= 15 is 0 Å². The predicted molar refractivity (Wildman–Crippen MR) is 141 cm³/mol. The van der Waals surface area contributed by atoms with Gasteiger partial charge in [-0.2, -0.15) is 0 Å². The number of nitrogens with zero attached hydrogens (tertiary/aromatic N) is 2. The first-order valence-electron chi connectivity index (χ1n) is 14.6. The topological polar surface area (TPSA) is 98.7 Å². The van der Waals surface area contributed by atoms with Crippen molar-refractivity contribution < 1.29 is 9.59 Å². The van der Waals surface area contributed by atoms with Crippen molar-refractivity contribution in [3.05, 3.63) is 24.3 Å². The highest BCUT2D eigenvalue weighted by Gasteiger charge is 2.56. The SMILES string of the molecule is O=C(N=Nc1[nH]c(NNC(=O)C23CC4CC(CC(C4)C2)C3)c2ccccc12)C12CC3CC(CC(C3)C1)C2. The summed E-state index contributed by atoms with van der Waals surface area (Å²) in [5.74, 6) is 5.64. The van der Waals surface area contributed by atoms with Crippen LogP contribution in [-0.4, -0.2) is 16.8 Å². The number of carbonyl (C=O) groups is 2. The zero-order chi connectivity index (χ0) is 24.8. The Morgan fingerprint density at radius 2 is 1.22 bits per heavy atom. The van der Waals surface area contributed by atoms with Crippen LogP contribution in [0.25, 0.3) is 10.8 Å². The largest absolute Gasteiger partial charge is 0.323 e. The van der Waals surface area contributed by atoms with Crippen LogP contribution in [0.2, 0.25) is 0 Å². The number of amides is 2. The molecule has 0 unspecified atom stereocenters. The lowest BCUT2D eigenvalue weighted by Crippen LogP contribution is -2.54. The molecule has 0 radical (unpaired) electrons. The average Bonchev–Trinajstić information content (AvgIpc) is 3.22. The maximum absolute atomic E-state index is 13.5. The molecule has 0 atom stereocenters. The van der Waals surface area contributed by atoms with Crippen LogP contribution >= 0.6 is 0 Å². The molecule has 3 N–H and O–H groups in total. The van der Waals surface area contributed by atoms with Crippen LogP contribution in [0.15, 0.2) is 34.5 Å². The Kier molecular flexibility index (Phi) is 4.76. The Balaban J connectivity index is 1.01. The molecule has 0 saturated heterocycles. The second-order valence-electron chi connectivity index (χ2n) is 13.9. The van der Waals surface area contributed by atoms with E-state index in [9.17, 15) is 9.59 Å². The summed E-state index contributed by atoms with van der Waals surface area (Å²) in [6.45, 7) is 0. The molecule has 10 rings (SSSR count). The number of anilines is 1. The van der Waals surface area contributed by atoms with E-state index in [-0.39, 0.29) is 22.6 Å². The monoisotopic (exact) mass is 499 g/mol. The van der Waals surface area contributed by atoms with E-state index < -0.39 is 0 Å². The molecule has 8 aliphatic carbocycles. The van der Waals surface area contributed by atoms with Gasteiger partial charge in [-0.15, -0.1) is 10.2 Å². The molecule has 7 nitrogen and oxygen atoms in total. The van der Waals surface area contributed by atoms with E-state index in [1.807, 2.05) is 24.3 Å². The minimum Gasteiger partial charge on any atom is -0.323 e. The Hall–Kier alpha value is -2.70. The molecular weight excluding hydrogens is 462 g/mol. The number of aromatic amines is 1.